The lowest BCUT2D eigenvalue weighted by molar-refractivity contribution is -0.123. The van der Waals surface area contributed by atoms with Gasteiger partial charge in [0.25, 0.3) is 0 Å². The van der Waals surface area contributed by atoms with Gasteiger partial charge >= 0.3 is 6.01 Å². The first kappa shape index (κ1) is 18.3. The van der Waals surface area contributed by atoms with E-state index in [4.69, 9.17) is 4.74 Å². The second-order valence-electron chi connectivity index (χ2n) is 6.66. The molecule has 1 saturated carbocycles. The van der Waals surface area contributed by atoms with Crippen LogP contribution in [0.3, 0.4) is 0 Å². The molecule has 1 fully saturated rings. The van der Waals surface area contributed by atoms with E-state index in [1.807, 2.05) is 37.3 Å². The zero-order valence-electron chi connectivity index (χ0n) is 14.9. The highest BCUT2D eigenvalue weighted by atomic mass is 19.1. The SMILES string of the molecule is CCC(C(=O)NC1CCC(Oc2ncc(F)cn2)CC1)c1ccccc1. The van der Waals surface area contributed by atoms with Gasteiger partial charge < -0.3 is 10.1 Å². The molecular formula is C20H24FN3O2. The molecule has 0 saturated heterocycles. The molecule has 138 valence electrons. The Kier molecular flexibility index (Phi) is 6.15. The first-order valence-corrected chi connectivity index (χ1v) is 9.15. The van der Waals surface area contributed by atoms with Crippen LogP contribution in [0.15, 0.2) is 42.7 Å². The Morgan fingerprint density at radius 3 is 2.46 bits per heavy atom. The minimum absolute atomic E-state index is 0.00436. The van der Waals surface area contributed by atoms with Crippen molar-refractivity contribution in [2.24, 2.45) is 0 Å². The second-order valence-corrected chi connectivity index (χ2v) is 6.66. The van der Waals surface area contributed by atoms with Crippen LogP contribution in [-0.2, 0) is 4.79 Å². The van der Waals surface area contributed by atoms with E-state index in [0.717, 1.165) is 50.1 Å². The van der Waals surface area contributed by atoms with Gasteiger partial charge in [-0.15, -0.1) is 0 Å². The van der Waals surface area contributed by atoms with E-state index in [2.05, 4.69) is 15.3 Å². The van der Waals surface area contributed by atoms with Crippen LogP contribution in [0.5, 0.6) is 6.01 Å². The maximum atomic E-state index is 12.8. The molecule has 1 N–H and O–H groups in total. The van der Waals surface area contributed by atoms with Crippen molar-refractivity contribution in [3.8, 4) is 6.01 Å². The summed E-state index contributed by atoms with van der Waals surface area (Å²) >= 11 is 0. The average molecular weight is 357 g/mol. The van der Waals surface area contributed by atoms with E-state index in [1.54, 1.807) is 0 Å². The molecule has 5 nitrogen and oxygen atoms in total. The van der Waals surface area contributed by atoms with Gasteiger partial charge in [-0.1, -0.05) is 37.3 Å². The zero-order valence-corrected chi connectivity index (χ0v) is 14.9. The van der Waals surface area contributed by atoms with Crippen LogP contribution in [0.2, 0.25) is 0 Å². The second kappa shape index (κ2) is 8.74. The summed E-state index contributed by atoms with van der Waals surface area (Å²) in [5.74, 6) is -0.504. The monoisotopic (exact) mass is 357 g/mol. The summed E-state index contributed by atoms with van der Waals surface area (Å²) in [6, 6.07) is 10.3. The Morgan fingerprint density at radius 1 is 1.19 bits per heavy atom. The molecule has 1 unspecified atom stereocenters. The van der Waals surface area contributed by atoms with Crippen LogP contribution in [-0.4, -0.2) is 28.0 Å². The largest absolute Gasteiger partial charge is 0.460 e. The van der Waals surface area contributed by atoms with Crippen LogP contribution in [0.1, 0.15) is 50.5 Å². The molecule has 0 spiro atoms. The van der Waals surface area contributed by atoms with Gasteiger partial charge in [-0.05, 0) is 37.7 Å². The average Bonchev–Trinajstić information content (AvgIpc) is 2.67. The summed E-state index contributed by atoms with van der Waals surface area (Å²) in [6.45, 7) is 2.03. The van der Waals surface area contributed by atoms with Crippen LogP contribution >= 0.6 is 0 Å². The topological polar surface area (TPSA) is 64.1 Å². The molecule has 1 atom stereocenters. The van der Waals surface area contributed by atoms with E-state index in [9.17, 15) is 9.18 Å². The number of nitrogens with one attached hydrogen (secondary N) is 1. The number of hydrogen-bond acceptors (Lipinski definition) is 4. The minimum Gasteiger partial charge on any atom is -0.460 e. The first-order valence-electron chi connectivity index (χ1n) is 9.15. The van der Waals surface area contributed by atoms with Crippen molar-refractivity contribution in [3.63, 3.8) is 0 Å². The molecule has 0 aliphatic heterocycles. The van der Waals surface area contributed by atoms with E-state index < -0.39 is 5.82 Å². The highest BCUT2D eigenvalue weighted by Gasteiger charge is 2.26. The Morgan fingerprint density at radius 2 is 1.85 bits per heavy atom. The fourth-order valence-corrected chi connectivity index (χ4v) is 3.39. The van der Waals surface area contributed by atoms with Gasteiger partial charge in [0.15, 0.2) is 5.82 Å². The Labute approximate surface area is 153 Å². The lowest BCUT2D eigenvalue weighted by Crippen LogP contribution is -2.41. The van der Waals surface area contributed by atoms with Gasteiger partial charge in [0.2, 0.25) is 5.91 Å². The number of halogens is 1. The summed E-state index contributed by atoms with van der Waals surface area (Å²) < 4.78 is 18.5. The number of carbonyl (C=O) groups is 1. The lowest BCUT2D eigenvalue weighted by Gasteiger charge is -2.30. The van der Waals surface area contributed by atoms with Crippen molar-refractivity contribution >= 4 is 5.91 Å². The van der Waals surface area contributed by atoms with Crippen molar-refractivity contribution in [1.29, 1.82) is 0 Å². The standard InChI is InChI=1S/C20H24FN3O2/c1-2-18(14-6-4-3-5-7-14)19(25)24-16-8-10-17(11-9-16)26-20-22-12-15(21)13-23-20/h3-7,12-13,16-18H,2,8-11H2,1H3,(H,24,25). The van der Waals surface area contributed by atoms with Crippen molar-refractivity contribution in [2.75, 3.05) is 0 Å². The molecule has 0 bridgehead atoms. The number of nitrogens with zero attached hydrogens (tertiary/aromatic N) is 2. The van der Waals surface area contributed by atoms with Crippen LogP contribution < -0.4 is 10.1 Å². The van der Waals surface area contributed by atoms with Crippen LogP contribution in [0.4, 0.5) is 4.39 Å². The maximum absolute atomic E-state index is 12.8. The molecule has 1 aromatic heterocycles. The third-order valence-corrected chi connectivity index (χ3v) is 4.82. The number of amides is 1. The summed E-state index contributed by atoms with van der Waals surface area (Å²) in [4.78, 5) is 20.3. The maximum Gasteiger partial charge on any atom is 0.316 e. The van der Waals surface area contributed by atoms with E-state index >= 15 is 0 Å². The third kappa shape index (κ3) is 4.77. The Hall–Kier alpha value is -2.50. The van der Waals surface area contributed by atoms with Gasteiger partial charge in [0, 0.05) is 6.04 Å². The quantitative estimate of drug-likeness (QED) is 0.858. The molecule has 1 aliphatic carbocycles. The van der Waals surface area contributed by atoms with Crippen LogP contribution in [0, 0.1) is 5.82 Å². The molecule has 1 aliphatic rings. The van der Waals surface area contributed by atoms with E-state index in [1.165, 1.54) is 0 Å². The molecule has 3 rings (SSSR count). The number of carbonyl (C=O) groups excluding carboxylic acids is 1. The number of rotatable bonds is 6. The zero-order chi connectivity index (χ0) is 18.4. The summed E-state index contributed by atoms with van der Waals surface area (Å²) in [7, 11) is 0. The third-order valence-electron chi connectivity index (χ3n) is 4.82. The van der Waals surface area contributed by atoms with E-state index in [-0.39, 0.29) is 30.0 Å². The molecule has 6 heteroatoms. The molecule has 2 aromatic rings. The summed E-state index contributed by atoms with van der Waals surface area (Å²) in [5.41, 5.74) is 1.05. The van der Waals surface area contributed by atoms with Gasteiger partial charge in [-0.2, -0.15) is 0 Å². The minimum atomic E-state index is -0.479. The van der Waals surface area contributed by atoms with Crippen molar-refractivity contribution in [3.05, 3.63) is 54.1 Å². The summed E-state index contributed by atoms with van der Waals surface area (Å²) in [5, 5.41) is 3.18. The number of hydrogen-bond donors (Lipinski definition) is 1. The van der Waals surface area contributed by atoms with Crippen molar-refractivity contribution in [2.45, 2.75) is 57.1 Å². The number of ether oxygens (including phenoxy) is 1. The summed E-state index contributed by atoms with van der Waals surface area (Å²) in [6.07, 6.45) is 6.30. The highest BCUT2D eigenvalue weighted by molar-refractivity contribution is 5.83. The van der Waals surface area contributed by atoms with Gasteiger partial charge in [0.1, 0.15) is 6.10 Å². The molecule has 1 amide bonds. The Balaban J connectivity index is 1.48. The molecule has 0 radical (unpaired) electrons. The smallest absolute Gasteiger partial charge is 0.316 e. The van der Waals surface area contributed by atoms with Gasteiger partial charge in [-0.25, -0.2) is 14.4 Å². The van der Waals surface area contributed by atoms with E-state index in [0.29, 0.717) is 0 Å². The number of aromatic nitrogens is 2. The van der Waals surface area contributed by atoms with Crippen molar-refractivity contribution in [1.82, 2.24) is 15.3 Å². The fourth-order valence-electron chi connectivity index (χ4n) is 3.39. The lowest BCUT2D eigenvalue weighted by atomic mass is 9.91. The van der Waals surface area contributed by atoms with Crippen molar-refractivity contribution < 1.29 is 13.9 Å². The number of benzene rings is 1. The molecular weight excluding hydrogens is 333 g/mol. The molecule has 1 aromatic carbocycles. The predicted octanol–water partition coefficient (Wildman–Crippen LogP) is 3.62. The van der Waals surface area contributed by atoms with Crippen LogP contribution in [0.25, 0.3) is 0 Å². The van der Waals surface area contributed by atoms with Gasteiger partial charge in [0.05, 0.1) is 18.3 Å². The highest BCUT2D eigenvalue weighted by Crippen LogP contribution is 2.24. The Bertz CT molecular complexity index is 701. The predicted molar refractivity (Wildman–Crippen MR) is 96.3 cm³/mol. The van der Waals surface area contributed by atoms with Gasteiger partial charge in [-0.3, -0.25) is 4.79 Å². The first-order chi connectivity index (χ1) is 12.7. The molecule has 26 heavy (non-hydrogen) atoms. The fraction of sp³-hybridized carbons (Fsp3) is 0.450. The molecule has 1 heterocycles. The normalized spacial score (nSPS) is 21.0.